The minimum atomic E-state index is -3.51. The van der Waals surface area contributed by atoms with Gasteiger partial charge >= 0.3 is 0 Å². The van der Waals surface area contributed by atoms with Crippen LogP contribution in [0.3, 0.4) is 0 Å². The van der Waals surface area contributed by atoms with Gasteiger partial charge in [0.1, 0.15) is 4.90 Å². The van der Waals surface area contributed by atoms with Crippen molar-refractivity contribution in [3.63, 3.8) is 0 Å². The highest BCUT2D eigenvalue weighted by Crippen LogP contribution is 2.28. The Balaban J connectivity index is 1.61. The molecule has 0 aliphatic carbocycles. The monoisotopic (exact) mass is 365 g/mol. The van der Waals surface area contributed by atoms with Gasteiger partial charge in [-0.3, -0.25) is 9.78 Å². The largest absolute Gasteiger partial charge is 0.342 e. The van der Waals surface area contributed by atoms with Gasteiger partial charge in [-0.15, -0.1) is 0 Å². The van der Waals surface area contributed by atoms with E-state index in [0.717, 1.165) is 13.1 Å². The number of carbonyl (C=O) groups excluding carboxylic acids is 1. The molecule has 1 aromatic heterocycles. The molecule has 0 saturated carbocycles. The third kappa shape index (κ3) is 4.03. The van der Waals surface area contributed by atoms with Crippen LogP contribution >= 0.6 is 0 Å². The van der Waals surface area contributed by atoms with E-state index in [-0.39, 0.29) is 16.7 Å². The quantitative estimate of drug-likeness (QED) is 0.821. The molecule has 0 aromatic carbocycles. The lowest BCUT2D eigenvalue weighted by molar-refractivity contribution is -0.139. The van der Waals surface area contributed by atoms with Crippen molar-refractivity contribution >= 4 is 15.9 Å². The van der Waals surface area contributed by atoms with Crippen LogP contribution in [0.25, 0.3) is 0 Å². The minimum absolute atomic E-state index is 0.0575. The van der Waals surface area contributed by atoms with Gasteiger partial charge < -0.3 is 4.90 Å². The van der Waals surface area contributed by atoms with E-state index in [1.165, 1.54) is 16.9 Å². The fourth-order valence-corrected chi connectivity index (χ4v) is 5.53. The van der Waals surface area contributed by atoms with Gasteiger partial charge in [0.05, 0.1) is 0 Å². The van der Waals surface area contributed by atoms with Crippen LogP contribution in [0.1, 0.15) is 33.1 Å². The van der Waals surface area contributed by atoms with E-state index >= 15 is 0 Å². The van der Waals surface area contributed by atoms with Gasteiger partial charge in [-0.25, -0.2) is 8.42 Å². The number of likely N-dealkylation sites (tertiary alicyclic amines) is 1. The van der Waals surface area contributed by atoms with Crippen molar-refractivity contribution in [2.24, 2.45) is 17.8 Å². The highest BCUT2D eigenvalue weighted by Gasteiger charge is 2.35. The number of carbonyl (C=O) groups is 1. The van der Waals surface area contributed by atoms with E-state index in [4.69, 9.17) is 0 Å². The first-order valence-electron chi connectivity index (χ1n) is 9.07. The lowest BCUT2D eigenvalue weighted by Gasteiger charge is -2.39. The van der Waals surface area contributed by atoms with Crippen LogP contribution in [0.15, 0.2) is 29.4 Å². The smallest absolute Gasteiger partial charge is 0.244 e. The van der Waals surface area contributed by atoms with Crippen LogP contribution < -0.4 is 0 Å². The standard InChI is InChI=1S/C18H27N3O3S/c1-14-10-15(2)13-20(12-14)18(22)16-5-8-21(9-6-16)25(23,24)17-4-3-7-19-11-17/h3-4,7,11,14-16H,5-6,8-10,12-13H2,1-2H3. The van der Waals surface area contributed by atoms with Gasteiger partial charge in [0.15, 0.2) is 0 Å². The summed E-state index contributed by atoms with van der Waals surface area (Å²) in [6.45, 7) is 6.84. The number of aromatic nitrogens is 1. The number of hydrogen-bond donors (Lipinski definition) is 0. The van der Waals surface area contributed by atoms with Crippen LogP contribution in [0, 0.1) is 17.8 Å². The second kappa shape index (κ2) is 7.41. The van der Waals surface area contributed by atoms with Gasteiger partial charge in [0.2, 0.25) is 15.9 Å². The molecule has 0 radical (unpaired) electrons. The predicted octanol–water partition coefficient (Wildman–Crippen LogP) is 1.99. The zero-order valence-electron chi connectivity index (χ0n) is 15.0. The fourth-order valence-electron chi connectivity index (χ4n) is 4.09. The van der Waals surface area contributed by atoms with Crippen LogP contribution in [0.2, 0.25) is 0 Å². The van der Waals surface area contributed by atoms with Crippen LogP contribution in [0.4, 0.5) is 0 Å². The molecule has 2 aliphatic rings. The number of nitrogens with zero attached hydrogens (tertiary/aromatic N) is 3. The molecule has 2 aliphatic heterocycles. The van der Waals surface area contributed by atoms with Crippen molar-refractivity contribution in [2.75, 3.05) is 26.2 Å². The summed E-state index contributed by atoms with van der Waals surface area (Å²) in [7, 11) is -3.51. The molecule has 0 spiro atoms. The molecule has 1 aromatic rings. The zero-order valence-corrected chi connectivity index (χ0v) is 15.8. The summed E-state index contributed by atoms with van der Waals surface area (Å²) < 4.78 is 26.8. The molecule has 138 valence electrons. The molecule has 7 heteroatoms. The molecule has 2 fully saturated rings. The van der Waals surface area contributed by atoms with Gasteiger partial charge in [0.25, 0.3) is 0 Å². The highest BCUT2D eigenvalue weighted by atomic mass is 32.2. The first-order chi connectivity index (χ1) is 11.9. The van der Waals surface area contributed by atoms with Crippen molar-refractivity contribution in [3.8, 4) is 0 Å². The van der Waals surface area contributed by atoms with E-state index in [2.05, 4.69) is 18.8 Å². The summed E-state index contributed by atoms with van der Waals surface area (Å²) >= 11 is 0. The Hall–Kier alpha value is -1.47. The number of pyridine rings is 1. The molecule has 6 nitrogen and oxygen atoms in total. The maximum absolute atomic E-state index is 12.8. The summed E-state index contributed by atoms with van der Waals surface area (Å²) in [5.74, 6) is 1.23. The summed E-state index contributed by atoms with van der Waals surface area (Å²) in [5, 5.41) is 0. The first-order valence-corrected chi connectivity index (χ1v) is 10.5. The van der Waals surface area contributed by atoms with E-state index < -0.39 is 10.0 Å². The summed E-state index contributed by atoms with van der Waals surface area (Å²) in [5.41, 5.74) is 0. The Morgan fingerprint density at radius 2 is 1.80 bits per heavy atom. The van der Waals surface area contributed by atoms with Gasteiger partial charge in [0, 0.05) is 44.5 Å². The summed E-state index contributed by atoms with van der Waals surface area (Å²) in [4.78, 5) is 18.9. The van der Waals surface area contributed by atoms with Crippen LogP contribution in [-0.4, -0.2) is 54.7 Å². The molecule has 3 heterocycles. The maximum atomic E-state index is 12.8. The Labute approximate surface area is 150 Å². The molecule has 25 heavy (non-hydrogen) atoms. The van der Waals surface area contributed by atoms with Gasteiger partial charge in [-0.05, 0) is 43.2 Å². The SMILES string of the molecule is CC1CC(C)CN(C(=O)C2CCN(S(=O)(=O)c3cccnc3)CC2)C1. The number of hydrogen-bond acceptors (Lipinski definition) is 4. The van der Waals surface area contributed by atoms with Crippen molar-refractivity contribution in [2.45, 2.75) is 38.0 Å². The molecule has 0 N–H and O–H groups in total. The van der Waals surface area contributed by atoms with Crippen LogP contribution in [0.5, 0.6) is 0 Å². The van der Waals surface area contributed by atoms with E-state index in [9.17, 15) is 13.2 Å². The first kappa shape index (κ1) is 18.3. The summed E-state index contributed by atoms with van der Waals surface area (Å²) in [6.07, 6.45) is 5.30. The molecule has 1 amide bonds. The Bertz CT molecular complexity index is 690. The number of sulfonamides is 1. The van der Waals surface area contributed by atoms with Crippen molar-refractivity contribution in [3.05, 3.63) is 24.5 Å². The Morgan fingerprint density at radius 1 is 1.16 bits per heavy atom. The molecular weight excluding hydrogens is 338 g/mol. The van der Waals surface area contributed by atoms with E-state index in [0.29, 0.717) is 37.8 Å². The van der Waals surface area contributed by atoms with Crippen molar-refractivity contribution in [1.29, 1.82) is 0 Å². The lowest BCUT2D eigenvalue weighted by atomic mass is 9.89. The average Bonchev–Trinajstić information content (AvgIpc) is 2.61. The second-order valence-corrected chi connectivity index (χ2v) is 9.49. The minimum Gasteiger partial charge on any atom is -0.342 e. The number of piperidine rings is 2. The molecule has 2 saturated heterocycles. The molecular formula is C18H27N3O3S. The van der Waals surface area contributed by atoms with E-state index in [1.807, 2.05) is 4.90 Å². The van der Waals surface area contributed by atoms with Gasteiger partial charge in [-0.1, -0.05) is 13.8 Å². The molecule has 0 bridgehead atoms. The Kier molecular flexibility index (Phi) is 5.43. The summed E-state index contributed by atoms with van der Waals surface area (Å²) in [6, 6.07) is 3.19. The predicted molar refractivity (Wildman–Crippen MR) is 95.2 cm³/mol. The lowest BCUT2D eigenvalue weighted by Crippen LogP contribution is -2.48. The van der Waals surface area contributed by atoms with Gasteiger partial charge in [-0.2, -0.15) is 4.31 Å². The van der Waals surface area contributed by atoms with Crippen LogP contribution in [-0.2, 0) is 14.8 Å². The number of amides is 1. The topological polar surface area (TPSA) is 70.6 Å². The Morgan fingerprint density at radius 3 is 2.36 bits per heavy atom. The number of rotatable bonds is 3. The third-order valence-electron chi connectivity index (χ3n) is 5.26. The molecule has 2 unspecified atom stereocenters. The van der Waals surface area contributed by atoms with Crippen molar-refractivity contribution < 1.29 is 13.2 Å². The maximum Gasteiger partial charge on any atom is 0.244 e. The zero-order chi connectivity index (χ0) is 18.0. The third-order valence-corrected chi connectivity index (χ3v) is 7.14. The van der Waals surface area contributed by atoms with Crippen molar-refractivity contribution in [1.82, 2.24) is 14.2 Å². The molecule has 2 atom stereocenters. The molecule has 3 rings (SSSR count). The highest BCUT2D eigenvalue weighted by molar-refractivity contribution is 7.89. The average molecular weight is 365 g/mol. The fraction of sp³-hybridized carbons (Fsp3) is 0.667. The normalized spacial score (nSPS) is 26.6. The van der Waals surface area contributed by atoms with E-state index in [1.54, 1.807) is 18.3 Å². The second-order valence-electron chi connectivity index (χ2n) is 7.56.